The van der Waals surface area contributed by atoms with Gasteiger partial charge in [-0.2, -0.15) is 28.7 Å². The summed E-state index contributed by atoms with van der Waals surface area (Å²) in [6.07, 6.45) is 15.4. The van der Waals surface area contributed by atoms with Crippen molar-refractivity contribution in [3.63, 3.8) is 0 Å². The zero-order valence-corrected chi connectivity index (χ0v) is 64.0. The molecule has 9 N–H and O–H groups in total. The number of ether oxygens (including phenoxy) is 8. The molecule has 35 heteroatoms. The summed E-state index contributed by atoms with van der Waals surface area (Å²) in [5.74, 6) is 0.369. The number of hydrogen-bond acceptors (Lipinski definition) is 27. The van der Waals surface area contributed by atoms with Crippen molar-refractivity contribution in [2.45, 2.75) is 56.8 Å². The fourth-order valence-electron chi connectivity index (χ4n) is 10.9. The number of halogens is 2. The van der Waals surface area contributed by atoms with E-state index in [1.54, 1.807) is 134 Å². The highest BCUT2D eigenvalue weighted by Gasteiger charge is 2.29. The minimum atomic E-state index is -0.742. The second kappa shape index (κ2) is 41.9. The van der Waals surface area contributed by atoms with E-state index in [4.69, 9.17) is 43.6 Å². The van der Waals surface area contributed by atoms with Crippen molar-refractivity contribution in [1.82, 2.24) is 60.0 Å². The Kier molecular flexibility index (Phi) is 30.2. The number of carbonyl (C=O) groups excluding carboxylic acids is 6. The summed E-state index contributed by atoms with van der Waals surface area (Å²) in [5.41, 5.74) is 9.35. The number of primary amides is 1. The second-order valence-electron chi connectivity index (χ2n) is 25.3. The summed E-state index contributed by atoms with van der Waals surface area (Å²) < 4.78 is 71.9. The number of carbonyl (C=O) groups is 6. The average Bonchev–Trinajstić information content (AvgIpc) is 1.81. The van der Waals surface area contributed by atoms with Crippen molar-refractivity contribution >= 4 is 93.4 Å². The topological polar surface area (TPSA) is 409 Å². The van der Waals surface area contributed by atoms with Gasteiger partial charge in [0.15, 0.2) is 0 Å². The largest absolute Gasteiger partial charge is 0.497 e. The van der Waals surface area contributed by atoms with Gasteiger partial charge in [0.1, 0.15) is 52.1 Å². The lowest BCUT2D eigenvalue weighted by Crippen LogP contribution is -2.43. The molecule has 33 nitrogen and oxygen atoms in total. The Morgan fingerprint density at radius 1 is 0.436 bits per heavy atom. The number of benzene rings is 5. The molecular weight excluding hydrogens is 1510 g/mol. The first-order chi connectivity index (χ1) is 56.7. The van der Waals surface area contributed by atoms with Crippen LogP contribution in [0.2, 0.25) is 0 Å². The number of piperidine rings is 2. The van der Waals surface area contributed by atoms with Gasteiger partial charge in [-0.25, -0.2) is 24.9 Å². The van der Waals surface area contributed by atoms with Gasteiger partial charge < -0.3 is 90.6 Å². The summed E-state index contributed by atoms with van der Waals surface area (Å²) in [4.78, 5) is 112. The van der Waals surface area contributed by atoms with E-state index >= 15 is 0 Å². The number of pyridine rings is 1. The van der Waals surface area contributed by atoms with E-state index in [1.165, 1.54) is 37.7 Å². The number of amides is 6. The molecule has 5 aromatic carbocycles. The van der Waals surface area contributed by atoms with Gasteiger partial charge in [-0.1, -0.05) is 56.6 Å². The number of nitrogens with two attached hydrogens (primary N) is 1. The molecule has 0 radical (unpaired) electrons. The molecule has 7 heterocycles. The van der Waals surface area contributed by atoms with Crippen molar-refractivity contribution in [2.75, 3.05) is 86.5 Å². The maximum absolute atomic E-state index is 14.1. The maximum atomic E-state index is 14.1. The smallest absolute Gasteiger partial charge is 0.258 e. The van der Waals surface area contributed by atoms with Crippen LogP contribution in [0.4, 0.5) is 66.7 Å². The summed E-state index contributed by atoms with van der Waals surface area (Å²) in [5, 5.41) is 20.2. The van der Waals surface area contributed by atoms with Crippen LogP contribution in [-0.4, -0.2) is 163 Å². The number of nitrogens with one attached hydrogen (secondary N) is 7. The van der Waals surface area contributed by atoms with Crippen molar-refractivity contribution in [3.8, 4) is 58.1 Å². The first-order valence-electron chi connectivity index (χ1n) is 36.2. The van der Waals surface area contributed by atoms with Crippen molar-refractivity contribution in [3.05, 3.63) is 238 Å². The highest BCUT2D eigenvalue weighted by molar-refractivity contribution is 6.00. The normalized spacial score (nSPS) is 13.7. The van der Waals surface area contributed by atoms with Crippen LogP contribution in [0.5, 0.6) is 58.1 Å². The monoisotopic (exact) mass is 1600 g/mol. The Labute approximate surface area is 670 Å². The van der Waals surface area contributed by atoms with E-state index in [1.807, 2.05) is 36.4 Å². The molecule has 604 valence electrons. The number of aromatic nitrogens is 9. The van der Waals surface area contributed by atoms with Crippen molar-refractivity contribution in [2.24, 2.45) is 5.73 Å². The van der Waals surface area contributed by atoms with Crippen LogP contribution in [0, 0.1) is 11.6 Å². The third-order valence-electron chi connectivity index (χ3n) is 16.8. The van der Waals surface area contributed by atoms with Gasteiger partial charge in [0.2, 0.25) is 76.7 Å². The van der Waals surface area contributed by atoms with E-state index in [9.17, 15) is 37.5 Å². The molecule has 2 saturated heterocycles. The average molecular weight is 1600 g/mol. The number of rotatable bonds is 29. The number of hydrogen-bond donors (Lipinski definition) is 8. The van der Waals surface area contributed by atoms with Gasteiger partial charge in [0.25, 0.3) is 23.6 Å². The van der Waals surface area contributed by atoms with Gasteiger partial charge in [-0.15, -0.1) is 0 Å². The fraction of sp³-hybridized carbons (Fsp3) is 0.207. The number of anilines is 10. The van der Waals surface area contributed by atoms with Gasteiger partial charge in [0, 0.05) is 96.4 Å². The lowest BCUT2D eigenvalue weighted by molar-refractivity contribution is -0.129. The van der Waals surface area contributed by atoms with E-state index in [0.29, 0.717) is 108 Å². The van der Waals surface area contributed by atoms with Gasteiger partial charge in [0.05, 0.1) is 65.8 Å². The minimum absolute atomic E-state index is 0.00622. The summed E-state index contributed by atoms with van der Waals surface area (Å²) in [6, 6.07) is 38.6. The molecule has 10 aromatic rings. The second-order valence-corrected chi connectivity index (χ2v) is 25.3. The molecule has 117 heavy (non-hydrogen) atoms. The minimum Gasteiger partial charge on any atom is -0.497 e. The van der Waals surface area contributed by atoms with Crippen LogP contribution in [0.3, 0.4) is 0 Å². The highest BCUT2D eigenvalue weighted by Crippen LogP contribution is 2.33. The Hall–Kier alpha value is -15.2. The zero-order valence-electron chi connectivity index (χ0n) is 64.0. The molecule has 5 aromatic heterocycles. The highest BCUT2D eigenvalue weighted by atomic mass is 19.1. The Balaban J connectivity index is 0.000000165. The third-order valence-corrected chi connectivity index (χ3v) is 16.8. The van der Waals surface area contributed by atoms with Crippen LogP contribution in [0.15, 0.2) is 215 Å². The van der Waals surface area contributed by atoms with Crippen molar-refractivity contribution < 1.29 is 75.4 Å². The predicted octanol–water partition coefficient (Wildman–Crippen LogP) is 12.5. The lowest BCUT2D eigenvalue weighted by Gasteiger charge is -2.32. The van der Waals surface area contributed by atoms with E-state index in [2.05, 4.69) is 108 Å². The fourth-order valence-corrected chi connectivity index (χ4v) is 10.9. The SMILES string of the molecule is C=CC(=O)N1CCCC(Oc2nc(Nc3ccc(OC)nc3)ncc2F)C1.C=CC(=O)N1CCCC(Oc2nc(Nc3cccc(OC)c3)ncc2F)C1.C=CC(=O)Nc1cccc(Oc2nc(Nc3cccc(OC)c3)ncc2C(=O)NC2CC2)c1.C=CC(=O)Nc1cccc(Oc2nc(Nc3cccc(OC)c3)ncc2C(N)=O)c1. The summed E-state index contributed by atoms with van der Waals surface area (Å²) >= 11 is 0. The van der Waals surface area contributed by atoms with E-state index in [-0.39, 0.29) is 106 Å². The van der Waals surface area contributed by atoms with Crippen LogP contribution in [0.1, 0.15) is 59.2 Å². The van der Waals surface area contributed by atoms with Crippen LogP contribution in [0.25, 0.3) is 0 Å². The van der Waals surface area contributed by atoms with Crippen LogP contribution >= 0.6 is 0 Å². The molecule has 6 amide bonds. The number of methoxy groups -OCH3 is 4. The van der Waals surface area contributed by atoms with E-state index in [0.717, 1.165) is 44.2 Å². The number of nitrogens with zero attached hydrogens (tertiary/aromatic N) is 11. The molecule has 1 saturated carbocycles. The number of likely N-dealkylation sites (tertiary alicyclic amines) is 2. The first-order valence-corrected chi connectivity index (χ1v) is 36.2. The van der Waals surface area contributed by atoms with Crippen LogP contribution < -0.4 is 80.8 Å². The van der Waals surface area contributed by atoms with Gasteiger partial charge in [-0.3, -0.25) is 28.8 Å². The molecule has 13 rings (SSSR count). The molecule has 2 aliphatic heterocycles. The molecule has 0 spiro atoms. The van der Waals surface area contributed by atoms with Gasteiger partial charge >= 0.3 is 0 Å². The Morgan fingerprint density at radius 2 is 0.821 bits per heavy atom. The van der Waals surface area contributed by atoms with Gasteiger partial charge in [-0.05, 0) is 130 Å². The summed E-state index contributed by atoms with van der Waals surface area (Å²) in [6.45, 7) is 15.8. The molecule has 3 fully saturated rings. The van der Waals surface area contributed by atoms with E-state index < -0.39 is 17.5 Å². The molecule has 2 unspecified atom stereocenters. The Bertz CT molecular complexity index is 5200. The zero-order chi connectivity index (χ0) is 83.2. The standard InChI is InChI=1S/C24H23N5O4.C21H19N5O4.C19H21FN4O3.C18H20FN5O3/c1-3-21(30)26-16-6-5-9-19(13-16)33-23-20(22(31)27-15-10-11-15)14-25-24(29-23)28-17-7-4-8-18(12-17)32-2;1-3-18(27)24-13-6-5-9-16(11-13)30-20-17(19(22)28)12-23-21(26-20)25-14-7-4-8-15(10-14)29-2;1-3-17(25)24-9-5-8-15(12-24)27-18-16(20)11-21-19(23-18)22-13-6-4-7-14(10-13)26-2;1-3-16(25)24-8-4-5-13(11-24)27-17-14(19)10-21-18(23-17)22-12-6-7-15(26-2)20-9-12/h3-9,12-15H,1,10-11H2,2H3,(H,26,30)(H,27,31)(H,25,28,29);3-12H,1H2,2H3,(H2,22,28)(H,24,27)(H,23,25,26);3-4,6-7,10-11,15H,1,5,8-9,12H2,2H3,(H,21,22,23);3,6-7,9-10,13H,1,4-5,8,11H2,2H3,(H,21,22,23). The quantitative estimate of drug-likeness (QED) is 0.0202. The Morgan fingerprint density at radius 3 is 1.21 bits per heavy atom. The lowest BCUT2D eigenvalue weighted by atomic mass is 10.1. The molecule has 1 aliphatic carbocycles. The maximum Gasteiger partial charge on any atom is 0.258 e. The summed E-state index contributed by atoms with van der Waals surface area (Å²) in [7, 11) is 6.25. The molecular formula is C82H83F2N19O14. The first kappa shape index (κ1) is 84.3. The van der Waals surface area contributed by atoms with Crippen molar-refractivity contribution in [1.29, 1.82) is 0 Å². The molecule has 3 aliphatic rings. The third kappa shape index (κ3) is 25.7. The molecule has 2 atom stereocenters. The predicted molar refractivity (Wildman–Crippen MR) is 431 cm³/mol. The van der Waals surface area contributed by atoms with Crippen LogP contribution in [-0.2, 0) is 19.2 Å². The molecule has 0 bridgehead atoms.